The highest BCUT2D eigenvalue weighted by atomic mass is 16.4. The van der Waals surface area contributed by atoms with E-state index < -0.39 is 0 Å². The molecule has 0 fully saturated rings. The SMILES string of the molecule is CCNCc1nnc(Nc2ccc(=O)[nH]n2)o1. The second-order valence-electron chi connectivity index (χ2n) is 3.21. The number of aromatic amines is 1. The second-order valence-corrected chi connectivity index (χ2v) is 3.21. The monoisotopic (exact) mass is 236 g/mol. The van der Waals surface area contributed by atoms with Crippen LogP contribution in [0, 0.1) is 0 Å². The normalized spacial score (nSPS) is 10.4. The number of hydrogen-bond donors (Lipinski definition) is 3. The van der Waals surface area contributed by atoms with Gasteiger partial charge in [-0.3, -0.25) is 10.1 Å². The Morgan fingerprint density at radius 2 is 2.29 bits per heavy atom. The molecule has 17 heavy (non-hydrogen) atoms. The van der Waals surface area contributed by atoms with Crippen LogP contribution in [0.3, 0.4) is 0 Å². The highest BCUT2D eigenvalue weighted by Crippen LogP contribution is 2.10. The van der Waals surface area contributed by atoms with Crippen LogP contribution in [0.15, 0.2) is 21.3 Å². The minimum Gasteiger partial charge on any atom is -0.406 e. The Labute approximate surface area is 96.5 Å². The molecule has 0 atom stereocenters. The molecular weight excluding hydrogens is 224 g/mol. The molecule has 0 spiro atoms. The fraction of sp³-hybridized carbons (Fsp3) is 0.333. The van der Waals surface area contributed by atoms with E-state index in [9.17, 15) is 4.79 Å². The van der Waals surface area contributed by atoms with Gasteiger partial charge in [0.25, 0.3) is 5.56 Å². The molecule has 0 amide bonds. The Hall–Kier alpha value is -2.22. The Morgan fingerprint density at radius 3 is 3.00 bits per heavy atom. The molecule has 2 rings (SSSR count). The van der Waals surface area contributed by atoms with Gasteiger partial charge in [0.15, 0.2) is 5.82 Å². The van der Waals surface area contributed by atoms with Gasteiger partial charge in [-0.15, -0.1) is 5.10 Å². The fourth-order valence-corrected chi connectivity index (χ4v) is 1.13. The average molecular weight is 236 g/mol. The van der Waals surface area contributed by atoms with E-state index in [1.165, 1.54) is 12.1 Å². The Morgan fingerprint density at radius 1 is 1.41 bits per heavy atom. The van der Waals surface area contributed by atoms with Crippen molar-refractivity contribution < 1.29 is 4.42 Å². The summed E-state index contributed by atoms with van der Waals surface area (Å²) >= 11 is 0. The first-order valence-electron chi connectivity index (χ1n) is 5.14. The van der Waals surface area contributed by atoms with Gasteiger partial charge in [-0.05, 0) is 12.6 Å². The van der Waals surface area contributed by atoms with Crippen LogP contribution in [-0.4, -0.2) is 26.9 Å². The van der Waals surface area contributed by atoms with Crippen molar-refractivity contribution in [3.8, 4) is 0 Å². The van der Waals surface area contributed by atoms with Crippen molar-refractivity contribution in [1.82, 2.24) is 25.7 Å². The summed E-state index contributed by atoms with van der Waals surface area (Å²) in [7, 11) is 0. The van der Waals surface area contributed by atoms with Crippen LogP contribution in [0.4, 0.5) is 11.8 Å². The number of anilines is 2. The summed E-state index contributed by atoms with van der Waals surface area (Å²) in [4.78, 5) is 10.8. The topological polar surface area (TPSA) is 109 Å². The second kappa shape index (κ2) is 5.21. The molecule has 90 valence electrons. The number of nitrogens with one attached hydrogen (secondary N) is 3. The smallest absolute Gasteiger partial charge is 0.321 e. The molecule has 8 heteroatoms. The molecule has 0 saturated carbocycles. The van der Waals surface area contributed by atoms with Gasteiger partial charge in [0.2, 0.25) is 5.89 Å². The van der Waals surface area contributed by atoms with Gasteiger partial charge in [0, 0.05) is 6.07 Å². The molecular formula is C9H12N6O2. The summed E-state index contributed by atoms with van der Waals surface area (Å²) in [5.41, 5.74) is -0.270. The quantitative estimate of drug-likeness (QED) is 0.670. The summed E-state index contributed by atoms with van der Waals surface area (Å²) in [6, 6.07) is 3.11. The molecule has 0 aromatic carbocycles. The molecule has 3 N–H and O–H groups in total. The average Bonchev–Trinajstić information content (AvgIpc) is 2.77. The predicted octanol–water partition coefficient (Wildman–Crippen LogP) is 0.00600. The van der Waals surface area contributed by atoms with Gasteiger partial charge >= 0.3 is 6.01 Å². The van der Waals surface area contributed by atoms with Crippen molar-refractivity contribution in [2.24, 2.45) is 0 Å². The van der Waals surface area contributed by atoms with Crippen LogP contribution in [-0.2, 0) is 6.54 Å². The van der Waals surface area contributed by atoms with Crippen molar-refractivity contribution in [3.63, 3.8) is 0 Å². The van der Waals surface area contributed by atoms with Gasteiger partial charge in [-0.1, -0.05) is 12.0 Å². The molecule has 0 unspecified atom stereocenters. The van der Waals surface area contributed by atoms with Gasteiger partial charge < -0.3 is 9.73 Å². The maximum absolute atomic E-state index is 10.8. The number of hydrogen-bond acceptors (Lipinski definition) is 7. The van der Waals surface area contributed by atoms with Crippen molar-refractivity contribution >= 4 is 11.8 Å². The molecule has 0 bridgehead atoms. The third-order valence-electron chi connectivity index (χ3n) is 1.91. The maximum atomic E-state index is 10.8. The zero-order chi connectivity index (χ0) is 12.1. The molecule has 0 saturated heterocycles. The molecule has 0 aliphatic heterocycles. The van der Waals surface area contributed by atoms with Gasteiger partial charge in [-0.25, -0.2) is 5.10 Å². The summed E-state index contributed by atoms with van der Waals surface area (Å²) in [5.74, 6) is 0.919. The van der Waals surface area contributed by atoms with Crippen LogP contribution in [0.5, 0.6) is 0 Å². The lowest BCUT2D eigenvalue weighted by molar-refractivity contribution is 0.484. The Kier molecular flexibility index (Phi) is 3.46. The van der Waals surface area contributed by atoms with Crippen molar-refractivity contribution in [1.29, 1.82) is 0 Å². The standard InChI is InChI=1S/C9H12N6O2/c1-2-10-5-8-14-15-9(17-8)11-6-3-4-7(16)13-12-6/h3-4,10H,2,5H2,1H3,(H,13,16)(H,11,12,15). The Bertz CT molecular complexity index is 514. The third-order valence-corrected chi connectivity index (χ3v) is 1.91. The van der Waals surface area contributed by atoms with Crippen LogP contribution in [0.1, 0.15) is 12.8 Å². The highest BCUT2D eigenvalue weighted by molar-refractivity contribution is 5.43. The van der Waals surface area contributed by atoms with Crippen molar-refractivity contribution in [2.75, 3.05) is 11.9 Å². The molecule has 2 aromatic heterocycles. The van der Waals surface area contributed by atoms with E-state index in [-0.39, 0.29) is 11.6 Å². The van der Waals surface area contributed by atoms with E-state index in [0.29, 0.717) is 18.3 Å². The van der Waals surface area contributed by atoms with Crippen LogP contribution >= 0.6 is 0 Å². The van der Waals surface area contributed by atoms with Crippen molar-refractivity contribution in [3.05, 3.63) is 28.4 Å². The maximum Gasteiger partial charge on any atom is 0.321 e. The molecule has 0 aliphatic rings. The van der Waals surface area contributed by atoms with Gasteiger partial charge in [-0.2, -0.15) is 5.10 Å². The van der Waals surface area contributed by atoms with Crippen LogP contribution < -0.4 is 16.2 Å². The lowest BCUT2D eigenvalue weighted by Crippen LogP contribution is -2.11. The minimum absolute atomic E-state index is 0.234. The molecule has 0 aliphatic carbocycles. The summed E-state index contributed by atoms with van der Waals surface area (Å²) in [6.07, 6.45) is 0. The minimum atomic E-state index is -0.270. The van der Waals surface area contributed by atoms with E-state index in [1.807, 2.05) is 6.92 Å². The van der Waals surface area contributed by atoms with E-state index in [0.717, 1.165) is 6.54 Å². The molecule has 0 radical (unpaired) electrons. The number of rotatable bonds is 5. The number of nitrogens with zero attached hydrogens (tertiary/aromatic N) is 3. The van der Waals surface area contributed by atoms with E-state index in [2.05, 4.69) is 31.0 Å². The summed E-state index contributed by atoms with van der Waals surface area (Å²) in [5, 5.41) is 19.5. The molecule has 2 heterocycles. The fourth-order valence-electron chi connectivity index (χ4n) is 1.13. The van der Waals surface area contributed by atoms with Gasteiger partial charge in [0.1, 0.15) is 0 Å². The highest BCUT2D eigenvalue weighted by Gasteiger charge is 2.05. The molecule has 2 aromatic rings. The zero-order valence-corrected chi connectivity index (χ0v) is 9.23. The van der Waals surface area contributed by atoms with Crippen molar-refractivity contribution in [2.45, 2.75) is 13.5 Å². The van der Waals surface area contributed by atoms with E-state index in [1.54, 1.807) is 0 Å². The first-order chi connectivity index (χ1) is 8.28. The van der Waals surface area contributed by atoms with E-state index >= 15 is 0 Å². The Balaban J connectivity index is 2.01. The summed E-state index contributed by atoms with van der Waals surface area (Å²) in [6.45, 7) is 3.33. The molecule has 8 nitrogen and oxygen atoms in total. The summed E-state index contributed by atoms with van der Waals surface area (Å²) < 4.78 is 5.29. The lowest BCUT2D eigenvalue weighted by Gasteiger charge is -1.97. The third kappa shape index (κ3) is 3.11. The number of H-pyrrole nitrogens is 1. The van der Waals surface area contributed by atoms with Gasteiger partial charge in [0.05, 0.1) is 6.54 Å². The predicted molar refractivity (Wildman–Crippen MR) is 59.8 cm³/mol. The lowest BCUT2D eigenvalue weighted by atomic mass is 10.5. The van der Waals surface area contributed by atoms with Crippen LogP contribution in [0.2, 0.25) is 0 Å². The largest absolute Gasteiger partial charge is 0.406 e. The van der Waals surface area contributed by atoms with Crippen LogP contribution in [0.25, 0.3) is 0 Å². The first kappa shape index (κ1) is 11.3. The van der Waals surface area contributed by atoms with E-state index in [4.69, 9.17) is 4.42 Å². The first-order valence-corrected chi connectivity index (χ1v) is 5.14. The number of aromatic nitrogens is 4. The zero-order valence-electron chi connectivity index (χ0n) is 9.23.